The number of rotatable bonds is 6. The topological polar surface area (TPSA) is 56.7 Å². The molecule has 0 unspecified atom stereocenters. The third-order valence-corrected chi connectivity index (χ3v) is 6.84. The average Bonchev–Trinajstić information content (AvgIpc) is 3.40. The van der Waals surface area contributed by atoms with E-state index in [-0.39, 0.29) is 0 Å². The Morgan fingerprint density at radius 1 is 1.21 bits per heavy atom. The molecule has 142 valence electrons. The molecule has 28 heavy (non-hydrogen) atoms. The van der Waals surface area contributed by atoms with Crippen molar-refractivity contribution in [1.29, 1.82) is 0 Å². The van der Waals surface area contributed by atoms with Crippen molar-refractivity contribution >= 4 is 39.9 Å². The van der Waals surface area contributed by atoms with E-state index in [1.807, 2.05) is 35.1 Å². The van der Waals surface area contributed by atoms with Gasteiger partial charge in [-0.3, -0.25) is 0 Å². The molecule has 0 bridgehead atoms. The van der Waals surface area contributed by atoms with E-state index in [1.54, 1.807) is 22.7 Å². The van der Waals surface area contributed by atoms with Crippen molar-refractivity contribution < 1.29 is 0 Å². The molecular weight excluding hydrogens is 404 g/mol. The zero-order chi connectivity index (χ0) is 19.7. The van der Waals surface area contributed by atoms with E-state index >= 15 is 0 Å². The van der Waals surface area contributed by atoms with Crippen molar-refractivity contribution in [2.24, 2.45) is 5.73 Å². The van der Waals surface area contributed by atoms with Crippen molar-refractivity contribution in [2.75, 3.05) is 0 Å². The van der Waals surface area contributed by atoms with Gasteiger partial charge in [-0.25, -0.2) is 9.67 Å². The fourth-order valence-corrected chi connectivity index (χ4v) is 5.21. The Balaban J connectivity index is 1.75. The van der Waals surface area contributed by atoms with Crippen LogP contribution in [0.25, 0.3) is 27.5 Å². The second kappa shape index (κ2) is 7.95. The predicted molar refractivity (Wildman–Crippen MR) is 123 cm³/mol. The van der Waals surface area contributed by atoms with E-state index in [4.69, 9.17) is 22.9 Å². The normalized spacial score (nSPS) is 11.1. The van der Waals surface area contributed by atoms with Gasteiger partial charge in [0.15, 0.2) is 0 Å². The van der Waals surface area contributed by atoms with Crippen LogP contribution in [0.2, 0.25) is 0 Å². The number of benzene rings is 1. The monoisotopic (exact) mass is 424 g/mol. The minimum Gasteiger partial charge on any atom is -0.389 e. The van der Waals surface area contributed by atoms with Gasteiger partial charge in [0.1, 0.15) is 10.00 Å². The molecule has 0 saturated heterocycles. The summed E-state index contributed by atoms with van der Waals surface area (Å²) in [7, 11) is 0. The van der Waals surface area contributed by atoms with Gasteiger partial charge >= 0.3 is 0 Å². The van der Waals surface area contributed by atoms with Crippen LogP contribution in [-0.2, 0) is 6.42 Å². The van der Waals surface area contributed by atoms with Crippen LogP contribution in [0.5, 0.6) is 0 Å². The molecule has 0 radical (unpaired) electrons. The smallest absolute Gasteiger partial charge is 0.125 e. The summed E-state index contributed by atoms with van der Waals surface area (Å²) in [6.45, 7) is 4.27. The molecule has 0 saturated carbocycles. The van der Waals surface area contributed by atoms with Gasteiger partial charge in [0.2, 0.25) is 0 Å². The number of aromatic nitrogens is 3. The van der Waals surface area contributed by atoms with Gasteiger partial charge in [0.25, 0.3) is 0 Å². The lowest BCUT2D eigenvalue weighted by Gasteiger charge is -2.08. The van der Waals surface area contributed by atoms with Crippen molar-refractivity contribution in [1.82, 2.24) is 14.8 Å². The highest BCUT2D eigenvalue weighted by Crippen LogP contribution is 2.36. The minimum atomic E-state index is 0.436. The van der Waals surface area contributed by atoms with E-state index in [2.05, 4.69) is 36.5 Å². The summed E-state index contributed by atoms with van der Waals surface area (Å²) >= 11 is 8.38. The largest absolute Gasteiger partial charge is 0.389 e. The van der Waals surface area contributed by atoms with Crippen LogP contribution in [0.1, 0.15) is 28.8 Å². The van der Waals surface area contributed by atoms with Gasteiger partial charge in [-0.15, -0.1) is 22.7 Å². The molecule has 0 fully saturated rings. The first-order chi connectivity index (χ1) is 13.6. The Kier molecular flexibility index (Phi) is 5.39. The maximum atomic E-state index is 5.80. The van der Waals surface area contributed by atoms with Crippen LogP contribution >= 0.6 is 34.9 Å². The third-order valence-electron chi connectivity index (χ3n) is 4.53. The van der Waals surface area contributed by atoms with Crippen molar-refractivity contribution in [3.05, 3.63) is 63.4 Å². The number of aryl methyl sites for hydroxylation is 1. The number of thiophene rings is 1. The number of hydrogen-bond acceptors (Lipinski definition) is 5. The summed E-state index contributed by atoms with van der Waals surface area (Å²) in [5.74, 6) is 0. The molecule has 0 aliphatic heterocycles. The molecule has 0 spiro atoms. The zero-order valence-electron chi connectivity index (χ0n) is 15.7. The highest BCUT2D eigenvalue weighted by Gasteiger charge is 2.18. The van der Waals surface area contributed by atoms with Crippen LogP contribution < -0.4 is 5.73 Å². The summed E-state index contributed by atoms with van der Waals surface area (Å²) in [5.41, 5.74) is 11.2. The van der Waals surface area contributed by atoms with E-state index in [1.165, 1.54) is 10.6 Å². The fourth-order valence-electron chi connectivity index (χ4n) is 3.19. The molecule has 0 amide bonds. The number of nitrogens with two attached hydrogens (primary N) is 1. The molecule has 0 aliphatic rings. The number of thiazole rings is 1. The van der Waals surface area contributed by atoms with E-state index < -0.39 is 0 Å². The molecule has 1 aromatic carbocycles. The quantitative estimate of drug-likeness (QED) is 0.408. The van der Waals surface area contributed by atoms with Crippen molar-refractivity contribution in [3.63, 3.8) is 0 Å². The van der Waals surface area contributed by atoms with Gasteiger partial charge in [-0.2, -0.15) is 5.10 Å². The third kappa shape index (κ3) is 3.53. The molecule has 3 heterocycles. The molecule has 4 nitrogen and oxygen atoms in total. The Bertz CT molecular complexity index is 1120. The van der Waals surface area contributed by atoms with Crippen molar-refractivity contribution in [2.45, 2.75) is 26.7 Å². The van der Waals surface area contributed by atoms with Crippen LogP contribution in [-0.4, -0.2) is 19.8 Å². The minimum absolute atomic E-state index is 0.436. The number of thiocarbonyl (C=S) groups is 1. The van der Waals surface area contributed by atoms with Gasteiger partial charge in [0.05, 0.1) is 28.1 Å². The van der Waals surface area contributed by atoms with Gasteiger partial charge in [0, 0.05) is 21.4 Å². The van der Waals surface area contributed by atoms with E-state index in [0.29, 0.717) is 4.99 Å². The molecular formula is C21H20N4S3. The van der Waals surface area contributed by atoms with Crippen LogP contribution in [0.4, 0.5) is 0 Å². The molecule has 4 rings (SSSR count). The Labute approximate surface area is 177 Å². The Morgan fingerprint density at radius 3 is 2.68 bits per heavy atom. The maximum Gasteiger partial charge on any atom is 0.125 e. The summed E-state index contributed by atoms with van der Waals surface area (Å²) in [4.78, 5) is 7.47. The molecule has 7 heteroatoms. The molecule has 3 aromatic heterocycles. The van der Waals surface area contributed by atoms with Crippen LogP contribution in [0, 0.1) is 6.92 Å². The van der Waals surface area contributed by atoms with Gasteiger partial charge in [-0.05, 0) is 31.5 Å². The standard InChI is InChI=1S/C21H20N4S3/c1-3-7-18-16(11-23-25(18)14-8-5-4-6-9-14)17-12-27-21(24-17)15-10-19(20(22)26)28-13(15)2/h4-6,8-12H,3,7H2,1-2H3,(H2,22,26). The first-order valence-electron chi connectivity index (χ1n) is 9.07. The number of nitrogens with zero attached hydrogens (tertiary/aromatic N) is 3. The lowest BCUT2D eigenvalue weighted by Crippen LogP contribution is -2.06. The van der Waals surface area contributed by atoms with E-state index in [0.717, 1.165) is 45.2 Å². The Hall–Kier alpha value is -2.35. The lowest BCUT2D eigenvalue weighted by molar-refractivity contribution is 0.776. The average molecular weight is 425 g/mol. The van der Waals surface area contributed by atoms with Crippen molar-refractivity contribution in [3.8, 4) is 27.5 Å². The number of para-hydroxylation sites is 1. The first-order valence-corrected chi connectivity index (χ1v) is 11.2. The second-order valence-corrected chi connectivity index (χ2v) is 9.04. The first kappa shape index (κ1) is 19.0. The lowest BCUT2D eigenvalue weighted by atomic mass is 10.1. The fraction of sp³-hybridized carbons (Fsp3) is 0.190. The van der Waals surface area contributed by atoms with Gasteiger partial charge in [-0.1, -0.05) is 43.8 Å². The maximum absolute atomic E-state index is 5.80. The van der Waals surface area contributed by atoms with Crippen LogP contribution in [0.15, 0.2) is 48.0 Å². The zero-order valence-corrected chi connectivity index (χ0v) is 18.1. The highest BCUT2D eigenvalue weighted by atomic mass is 32.1. The summed E-state index contributed by atoms with van der Waals surface area (Å²) < 4.78 is 2.03. The molecule has 0 atom stereocenters. The predicted octanol–water partition coefficient (Wildman–Crippen LogP) is 5.62. The molecule has 0 aliphatic carbocycles. The summed E-state index contributed by atoms with van der Waals surface area (Å²) in [6, 6.07) is 12.3. The molecule has 4 aromatic rings. The van der Waals surface area contributed by atoms with Gasteiger partial charge < -0.3 is 5.73 Å². The summed E-state index contributed by atoms with van der Waals surface area (Å²) in [5, 5.41) is 7.75. The molecule has 2 N–H and O–H groups in total. The second-order valence-electron chi connectivity index (χ2n) is 6.48. The number of hydrogen-bond donors (Lipinski definition) is 1. The highest BCUT2D eigenvalue weighted by molar-refractivity contribution is 7.81. The van der Waals surface area contributed by atoms with E-state index in [9.17, 15) is 0 Å². The Morgan fingerprint density at radius 2 is 2.00 bits per heavy atom. The van der Waals surface area contributed by atoms with Crippen LogP contribution in [0.3, 0.4) is 0 Å². The SMILES string of the molecule is CCCc1c(-c2csc(-c3cc(C(N)=S)sc3C)n2)cnn1-c1ccccc1. The summed E-state index contributed by atoms with van der Waals surface area (Å²) in [6.07, 6.45) is 3.92.